The average Bonchev–Trinajstić information content (AvgIpc) is 3.10. The summed E-state index contributed by atoms with van der Waals surface area (Å²) < 4.78 is 38.4. The highest BCUT2D eigenvalue weighted by atomic mass is 19.4. The SMILES string of the molecule is Cc1nc(C2CCNC2)nc(-c2ccc(N(C)C(F)(F)F)cc2)c1C. The summed E-state index contributed by atoms with van der Waals surface area (Å²) in [6.45, 7) is 5.70. The van der Waals surface area contributed by atoms with E-state index in [1.807, 2.05) is 13.8 Å². The first-order chi connectivity index (χ1) is 11.8. The Bertz CT molecular complexity index is 750. The minimum Gasteiger partial charge on any atom is -0.316 e. The highest BCUT2D eigenvalue weighted by molar-refractivity contribution is 5.66. The highest BCUT2D eigenvalue weighted by Gasteiger charge is 2.34. The Kier molecular flexibility index (Phi) is 4.69. The van der Waals surface area contributed by atoms with Gasteiger partial charge >= 0.3 is 6.30 Å². The molecular formula is C18H21F3N4. The predicted octanol–water partition coefficient (Wildman–Crippen LogP) is 3.79. The van der Waals surface area contributed by atoms with E-state index >= 15 is 0 Å². The Morgan fingerprint density at radius 1 is 1.12 bits per heavy atom. The van der Waals surface area contributed by atoms with E-state index in [9.17, 15) is 13.2 Å². The second kappa shape index (κ2) is 6.63. The molecule has 134 valence electrons. The summed E-state index contributed by atoms with van der Waals surface area (Å²) in [6.07, 6.45) is -3.40. The van der Waals surface area contributed by atoms with Gasteiger partial charge in [0.25, 0.3) is 0 Å². The van der Waals surface area contributed by atoms with Crippen LogP contribution in [0.1, 0.15) is 29.4 Å². The minimum atomic E-state index is -4.40. The molecule has 1 saturated heterocycles. The number of hydrogen-bond donors (Lipinski definition) is 1. The third kappa shape index (κ3) is 3.61. The number of benzene rings is 1. The fraction of sp³-hybridized carbons (Fsp3) is 0.444. The summed E-state index contributed by atoms with van der Waals surface area (Å²) in [6, 6.07) is 6.30. The molecule has 1 fully saturated rings. The molecule has 1 aliphatic rings. The smallest absolute Gasteiger partial charge is 0.316 e. The van der Waals surface area contributed by atoms with Crippen LogP contribution < -0.4 is 10.2 Å². The molecule has 1 aromatic heterocycles. The molecule has 0 aliphatic carbocycles. The number of halogens is 3. The maximum atomic E-state index is 12.8. The number of nitrogens with one attached hydrogen (secondary N) is 1. The minimum absolute atomic E-state index is 0.0971. The van der Waals surface area contributed by atoms with Gasteiger partial charge in [0, 0.05) is 36.5 Å². The molecule has 3 rings (SSSR count). The maximum absolute atomic E-state index is 12.8. The Labute approximate surface area is 145 Å². The number of nitrogens with zero attached hydrogens (tertiary/aromatic N) is 3. The van der Waals surface area contributed by atoms with Gasteiger partial charge in [-0.15, -0.1) is 0 Å². The van der Waals surface area contributed by atoms with Crippen molar-refractivity contribution < 1.29 is 13.2 Å². The maximum Gasteiger partial charge on any atom is 0.484 e. The Morgan fingerprint density at radius 3 is 2.36 bits per heavy atom. The van der Waals surface area contributed by atoms with E-state index < -0.39 is 6.30 Å². The van der Waals surface area contributed by atoms with Gasteiger partial charge in [-0.05, 0) is 44.5 Å². The van der Waals surface area contributed by atoms with Gasteiger partial charge in [-0.25, -0.2) is 9.97 Å². The molecule has 25 heavy (non-hydrogen) atoms. The molecule has 1 unspecified atom stereocenters. The first kappa shape index (κ1) is 17.7. The molecular weight excluding hydrogens is 329 g/mol. The number of rotatable bonds is 3. The number of aryl methyl sites for hydroxylation is 1. The van der Waals surface area contributed by atoms with Crippen LogP contribution in [0.4, 0.5) is 18.9 Å². The lowest BCUT2D eigenvalue weighted by Crippen LogP contribution is -2.33. The topological polar surface area (TPSA) is 41.1 Å². The van der Waals surface area contributed by atoms with Gasteiger partial charge in [0.15, 0.2) is 0 Å². The second-order valence-electron chi connectivity index (χ2n) is 6.40. The van der Waals surface area contributed by atoms with Crippen molar-refractivity contribution in [1.82, 2.24) is 15.3 Å². The number of aromatic nitrogens is 2. The first-order valence-corrected chi connectivity index (χ1v) is 8.24. The number of anilines is 1. The molecule has 0 spiro atoms. The largest absolute Gasteiger partial charge is 0.484 e. The fourth-order valence-corrected chi connectivity index (χ4v) is 2.98. The van der Waals surface area contributed by atoms with E-state index in [0.717, 1.165) is 54.9 Å². The molecule has 1 N–H and O–H groups in total. The van der Waals surface area contributed by atoms with Crippen molar-refractivity contribution in [2.24, 2.45) is 0 Å². The van der Waals surface area contributed by atoms with Crippen LogP contribution in [-0.2, 0) is 0 Å². The zero-order valence-electron chi connectivity index (χ0n) is 14.5. The zero-order valence-corrected chi connectivity index (χ0v) is 14.5. The molecule has 1 atom stereocenters. The third-order valence-corrected chi connectivity index (χ3v) is 4.74. The zero-order chi connectivity index (χ0) is 18.2. The molecule has 0 bridgehead atoms. The summed E-state index contributed by atoms with van der Waals surface area (Å²) in [5, 5.41) is 3.31. The molecule has 0 saturated carbocycles. The van der Waals surface area contributed by atoms with Crippen molar-refractivity contribution in [3.8, 4) is 11.3 Å². The van der Waals surface area contributed by atoms with Crippen LogP contribution in [0.2, 0.25) is 0 Å². The van der Waals surface area contributed by atoms with E-state index in [1.165, 1.54) is 12.1 Å². The van der Waals surface area contributed by atoms with Gasteiger partial charge in [0.2, 0.25) is 0 Å². The van der Waals surface area contributed by atoms with E-state index in [4.69, 9.17) is 4.98 Å². The van der Waals surface area contributed by atoms with Crippen LogP contribution in [0.15, 0.2) is 24.3 Å². The molecule has 2 aromatic rings. The van der Waals surface area contributed by atoms with E-state index in [0.29, 0.717) is 4.90 Å². The van der Waals surface area contributed by atoms with Crippen LogP contribution in [0.25, 0.3) is 11.3 Å². The molecule has 7 heteroatoms. The van der Waals surface area contributed by atoms with Crippen LogP contribution in [-0.4, -0.2) is 36.4 Å². The number of alkyl halides is 3. The highest BCUT2D eigenvalue weighted by Crippen LogP contribution is 2.31. The van der Waals surface area contributed by atoms with Gasteiger partial charge in [-0.1, -0.05) is 12.1 Å². The average molecular weight is 350 g/mol. The summed E-state index contributed by atoms with van der Waals surface area (Å²) in [4.78, 5) is 9.63. The van der Waals surface area contributed by atoms with Gasteiger partial charge in [-0.3, -0.25) is 4.90 Å². The van der Waals surface area contributed by atoms with E-state index in [2.05, 4.69) is 10.3 Å². The second-order valence-corrected chi connectivity index (χ2v) is 6.40. The van der Waals surface area contributed by atoms with Gasteiger partial charge in [0.1, 0.15) is 5.82 Å². The van der Waals surface area contributed by atoms with Crippen molar-refractivity contribution in [2.75, 3.05) is 25.0 Å². The van der Waals surface area contributed by atoms with Crippen molar-refractivity contribution in [1.29, 1.82) is 0 Å². The van der Waals surface area contributed by atoms with Crippen LogP contribution in [0.5, 0.6) is 0 Å². The Hall–Kier alpha value is -2.15. The van der Waals surface area contributed by atoms with Crippen molar-refractivity contribution in [3.05, 3.63) is 41.3 Å². The molecule has 1 aromatic carbocycles. The molecule has 4 nitrogen and oxygen atoms in total. The summed E-state index contributed by atoms with van der Waals surface area (Å²) in [5.41, 5.74) is 3.54. The van der Waals surface area contributed by atoms with Gasteiger partial charge in [-0.2, -0.15) is 13.2 Å². The molecule has 2 heterocycles. The van der Waals surface area contributed by atoms with Crippen molar-refractivity contribution in [2.45, 2.75) is 32.5 Å². The lowest BCUT2D eigenvalue weighted by molar-refractivity contribution is -0.125. The van der Waals surface area contributed by atoms with Gasteiger partial charge in [0.05, 0.1) is 5.69 Å². The van der Waals surface area contributed by atoms with Crippen LogP contribution in [0.3, 0.4) is 0 Å². The molecule has 0 amide bonds. The number of hydrogen-bond acceptors (Lipinski definition) is 4. The molecule has 1 aliphatic heterocycles. The van der Waals surface area contributed by atoms with Crippen LogP contribution in [0, 0.1) is 13.8 Å². The fourth-order valence-electron chi connectivity index (χ4n) is 2.98. The third-order valence-electron chi connectivity index (χ3n) is 4.74. The monoisotopic (exact) mass is 350 g/mol. The summed E-state index contributed by atoms with van der Waals surface area (Å²) in [7, 11) is 1.01. The Morgan fingerprint density at radius 2 is 1.80 bits per heavy atom. The quantitative estimate of drug-likeness (QED) is 0.855. The standard InChI is InChI=1S/C18H21F3N4/c1-11-12(2)23-17(14-8-9-22-10-14)24-16(11)13-4-6-15(7-5-13)25(3)18(19,20)21/h4-7,14,22H,8-10H2,1-3H3. The van der Waals surface area contributed by atoms with Crippen molar-refractivity contribution in [3.63, 3.8) is 0 Å². The van der Waals surface area contributed by atoms with Crippen molar-refractivity contribution >= 4 is 5.69 Å². The first-order valence-electron chi connectivity index (χ1n) is 8.24. The summed E-state index contributed by atoms with van der Waals surface area (Å²) in [5.74, 6) is 1.09. The van der Waals surface area contributed by atoms with Crippen LogP contribution >= 0.6 is 0 Å². The lowest BCUT2D eigenvalue weighted by atomic mass is 10.0. The van der Waals surface area contributed by atoms with Gasteiger partial charge < -0.3 is 5.32 Å². The normalized spacial score (nSPS) is 17.8. The molecule has 0 radical (unpaired) electrons. The Balaban J connectivity index is 1.95. The predicted molar refractivity (Wildman–Crippen MR) is 91.6 cm³/mol. The van der Waals surface area contributed by atoms with E-state index in [-0.39, 0.29) is 11.6 Å². The lowest BCUT2D eigenvalue weighted by Gasteiger charge is -2.22. The summed E-state index contributed by atoms with van der Waals surface area (Å²) >= 11 is 0. The van der Waals surface area contributed by atoms with E-state index in [1.54, 1.807) is 12.1 Å².